The number of hydrogen-bond donors (Lipinski definition) is 2. The molecule has 0 saturated carbocycles. The number of halogens is 1. The van der Waals surface area contributed by atoms with Crippen molar-refractivity contribution in [2.45, 2.75) is 4.90 Å². The van der Waals surface area contributed by atoms with Crippen molar-refractivity contribution < 1.29 is 27.7 Å². The molecule has 166 valence electrons. The highest BCUT2D eigenvalue weighted by Gasteiger charge is 2.23. The molecule has 31 heavy (non-hydrogen) atoms. The van der Waals surface area contributed by atoms with Gasteiger partial charge in [0.15, 0.2) is 6.61 Å². The van der Waals surface area contributed by atoms with Gasteiger partial charge in [-0.05, 0) is 24.3 Å². The standard InChI is InChI=1S/C18H19ClN4O7S/c1-22(2)15-8-7-12(9-16(15)23(26)27)31(28,29)20-10-18(25)30-11-17(24)21-14-6-4-3-5-13(14)19/h3-9,20H,10-11H2,1-2H3,(H,21,24). The van der Waals surface area contributed by atoms with Crippen LogP contribution in [0.5, 0.6) is 0 Å². The summed E-state index contributed by atoms with van der Waals surface area (Å²) in [6, 6.07) is 9.78. The van der Waals surface area contributed by atoms with Crippen LogP contribution in [-0.2, 0) is 24.3 Å². The van der Waals surface area contributed by atoms with Gasteiger partial charge >= 0.3 is 5.97 Å². The van der Waals surface area contributed by atoms with Crippen LogP contribution < -0.4 is 14.9 Å². The fraction of sp³-hybridized carbons (Fsp3) is 0.222. The second-order valence-electron chi connectivity index (χ2n) is 6.32. The van der Waals surface area contributed by atoms with Gasteiger partial charge in [0, 0.05) is 20.2 Å². The maximum Gasteiger partial charge on any atom is 0.321 e. The van der Waals surface area contributed by atoms with Crippen molar-refractivity contribution in [2.75, 3.05) is 37.5 Å². The van der Waals surface area contributed by atoms with Gasteiger partial charge in [0.2, 0.25) is 10.0 Å². The van der Waals surface area contributed by atoms with E-state index in [1.807, 2.05) is 4.72 Å². The van der Waals surface area contributed by atoms with Crippen LogP contribution >= 0.6 is 11.6 Å². The second kappa shape index (κ2) is 10.2. The lowest BCUT2D eigenvalue weighted by atomic mass is 10.2. The highest BCUT2D eigenvalue weighted by Crippen LogP contribution is 2.29. The Balaban J connectivity index is 1.95. The summed E-state index contributed by atoms with van der Waals surface area (Å²) < 4.78 is 31.4. The molecule has 0 bridgehead atoms. The van der Waals surface area contributed by atoms with Crippen molar-refractivity contribution in [1.82, 2.24) is 4.72 Å². The Morgan fingerprint density at radius 2 is 1.87 bits per heavy atom. The lowest BCUT2D eigenvalue weighted by Crippen LogP contribution is -2.32. The molecule has 0 saturated heterocycles. The highest BCUT2D eigenvalue weighted by atomic mass is 35.5. The molecule has 11 nitrogen and oxygen atoms in total. The number of benzene rings is 2. The first-order valence-corrected chi connectivity index (χ1v) is 10.5. The number of anilines is 2. The van der Waals surface area contributed by atoms with Gasteiger partial charge in [-0.25, -0.2) is 8.42 Å². The lowest BCUT2D eigenvalue weighted by molar-refractivity contribution is -0.384. The average Bonchev–Trinajstić information content (AvgIpc) is 2.72. The summed E-state index contributed by atoms with van der Waals surface area (Å²) in [5.41, 5.74) is 0.133. The average molecular weight is 471 g/mol. The third kappa shape index (κ3) is 6.64. The van der Waals surface area contributed by atoms with E-state index in [0.29, 0.717) is 10.7 Å². The van der Waals surface area contributed by atoms with Crippen molar-refractivity contribution in [3.05, 3.63) is 57.6 Å². The molecule has 0 unspecified atom stereocenters. The largest absolute Gasteiger partial charge is 0.455 e. The van der Waals surface area contributed by atoms with Crippen LogP contribution in [0.15, 0.2) is 47.4 Å². The third-order valence-electron chi connectivity index (χ3n) is 3.85. The van der Waals surface area contributed by atoms with Crippen molar-refractivity contribution in [2.24, 2.45) is 0 Å². The topological polar surface area (TPSA) is 148 Å². The molecule has 0 aromatic heterocycles. The number of nitro groups is 1. The Morgan fingerprint density at radius 1 is 1.19 bits per heavy atom. The minimum Gasteiger partial charge on any atom is -0.455 e. The van der Waals surface area contributed by atoms with Crippen LogP contribution in [0.25, 0.3) is 0 Å². The number of carbonyl (C=O) groups is 2. The summed E-state index contributed by atoms with van der Waals surface area (Å²) in [6.45, 7) is -1.43. The normalized spacial score (nSPS) is 10.9. The van der Waals surface area contributed by atoms with E-state index in [-0.39, 0.29) is 5.69 Å². The number of amides is 1. The Kier molecular flexibility index (Phi) is 7.91. The molecule has 0 aliphatic rings. The summed E-state index contributed by atoms with van der Waals surface area (Å²) in [4.78, 5) is 35.2. The molecule has 2 N–H and O–H groups in total. The van der Waals surface area contributed by atoms with E-state index in [1.54, 1.807) is 38.4 Å². The molecule has 0 fully saturated rings. The first kappa shape index (κ1) is 24.1. The van der Waals surface area contributed by atoms with Crippen LogP contribution in [0.3, 0.4) is 0 Å². The number of carbonyl (C=O) groups excluding carboxylic acids is 2. The molecule has 0 spiro atoms. The molecular formula is C18H19ClN4O7S. The third-order valence-corrected chi connectivity index (χ3v) is 5.58. The summed E-state index contributed by atoms with van der Waals surface area (Å²) in [5.74, 6) is -1.68. The number of para-hydroxylation sites is 1. The minimum absolute atomic E-state index is 0.216. The van der Waals surface area contributed by atoms with E-state index < -0.39 is 50.6 Å². The number of esters is 1. The van der Waals surface area contributed by atoms with Crippen LogP contribution in [0.2, 0.25) is 5.02 Å². The molecule has 2 aromatic rings. The molecule has 0 heterocycles. The Labute approximate surface area is 183 Å². The Morgan fingerprint density at radius 3 is 2.48 bits per heavy atom. The predicted octanol–water partition coefficient (Wildman–Crippen LogP) is 1.77. The SMILES string of the molecule is CN(C)c1ccc(S(=O)(=O)NCC(=O)OCC(=O)Nc2ccccc2Cl)cc1[N+](=O)[O-]. The van der Waals surface area contributed by atoms with Gasteiger partial charge in [-0.15, -0.1) is 0 Å². The zero-order valence-corrected chi connectivity index (χ0v) is 18.1. The summed E-state index contributed by atoms with van der Waals surface area (Å²) >= 11 is 5.90. The monoisotopic (exact) mass is 470 g/mol. The maximum atomic E-state index is 12.4. The molecule has 2 rings (SSSR count). The zero-order valence-electron chi connectivity index (χ0n) is 16.5. The Hall–Kier alpha value is -3.22. The summed E-state index contributed by atoms with van der Waals surface area (Å²) in [7, 11) is -1.09. The molecule has 0 radical (unpaired) electrons. The van der Waals surface area contributed by atoms with Crippen molar-refractivity contribution >= 4 is 50.6 Å². The van der Waals surface area contributed by atoms with Gasteiger partial charge in [0.05, 0.1) is 20.5 Å². The van der Waals surface area contributed by atoms with Crippen LogP contribution in [0, 0.1) is 10.1 Å². The molecule has 0 aliphatic heterocycles. The number of rotatable bonds is 9. The number of nitrogens with one attached hydrogen (secondary N) is 2. The van der Waals surface area contributed by atoms with E-state index in [9.17, 15) is 28.1 Å². The maximum absolute atomic E-state index is 12.4. The van der Waals surface area contributed by atoms with Crippen molar-refractivity contribution in [1.29, 1.82) is 0 Å². The van der Waals surface area contributed by atoms with Gasteiger partial charge < -0.3 is 15.0 Å². The van der Waals surface area contributed by atoms with Gasteiger partial charge in [0.25, 0.3) is 11.6 Å². The second-order valence-corrected chi connectivity index (χ2v) is 8.49. The number of nitrogens with zero attached hydrogens (tertiary/aromatic N) is 2. The van der Waals surface area contributed by atoms with Gasteiger partial charge in [-0.3, -0.25) is 19.7 Å². The first-order chi connectivity index (χ1) is 14.5. The van der Waals surface area contributed by atoms with Gasteiger partial charge in [0.1, 0.15) is 12.2 Å². The molecule has 0 atom stereocenters. The van der Waals surface area contributed by atoms with Crippen LogP contribution in [-0.4, -0.2) is 52.5 Å². The fourth-order valence-corrected chi connectivity index (χ4v) is 3.55. The number of ether oxygens (including phenoxy) is 1. The van der Waals surface area contributed by atoms with Crippen LogP contribution in [0.1, 0.15) is 0 Å². The quantitative estimate of drug-likeness (QED) is 0.320. The lowest BCUT2D eigenvalue weighted by Gasteiger charge is -2.14. The zero-order chi connectivity index (χ0) is 23.2. The minimum atomic E-state index is -4.24. The summed E-state index contributed by atoms with van der Waals surface area (Å²) in [5, 5.41) is 14.0. The van der Waals surface area contributed by atoms with Gasteiger partial charge in [-0.1, -0.05) is 23.7 Å². The molecular weight excluding hydrogens is 452 g/mol. The van der Waals surface area contributed by atoms with Crippen molar-refractivity contribution in [3.63, 3.8) is 0 Å². The molecule has 13 heteroatoms. The first-order valence-electron chi connectivity index (χ1n) is 8.66. The van der Waals surface area contributed by atoms with E-state index in [4.69, 9.17) is 16.3 Å². The van der Waals surface area contributed by atoms with E-state index >= 15 is 0 Å². The molecule has 1 amide bonds. The van der Waals surface area contributed by atoms with E-state index in [2.05, 4.69) is 5.32 Å². The van der Waals surface area contributed by atoms with Gasteiger partial charge in [-0.2, -0.15) is 4.72 Å². The highest BCUT2D eigenvalue weighted by molar-refractivity contribution is 7.89. The number of nitro benzene ring substituents is 1. The Bertz CT molecular complexity index is 1110. The number of sulfonamides is 1. The number of hydrogen-bond acceptors (Lipinski definition) is 8. The predicted molar refractivity (Wildman–Crippen MR) is 114 cm³/mol. The molecule has 0 aliphatic carbocycles. The molecule has 2 aromatic carbocycles. The smallest absolute Gasteiger partial charge is 0.321 e. The van der Waals surface area contributed by atoms with Crippen LogP contribution in [0.4, 0.5) is 17.1 Å². The fourth-order valence-electron chi connectivity index (χ4n) is 2.38. The van der Waals surface area contributed by atoms with E-state index in [1.165, 1.54) is 17.0 Å². The van der Waals surface area contributed by atoms with Crippen molar-refractivity contribution in [3.8, 4) is 0 Å². The van der Waals surface area contributed by atoms with E-state index in [0.717, 1.165) is 6.07 Å². The summed E-state index contributed by atoms with van der Waals surface area (Å²) in [6.07, 6.45) is 0.